The molecule has 0 fully saturated rings. The van der Waals surface area contributed by atoms with Crippen LogP contribution in [0.3, 0.4) is 0 Å². The molecule has 0 bridgehead atoms. The van der Waals surface area contributed by atoms with Crippen molar-refractivity contribution in [3.8, 4) is 16.7 Å². The number of hydrogen-bond acceptors (Lipinski definition) is 5. The Morgan fingerprint density at radius 2 is 1.89 bits per heavy atom. The van der Waals surface area contributed by atoms with Gasteiger partial charge in [-0.3, -0.25) is 0 Å². The van der Waals surface area contributed by atoms with Gasteiger partial charge in [-0.1, -0.05) is 0 Å². The zero-order chi connectivity index (χ0) is 14.2. The second-order valence-electron chi connectivity index (χ2n) is 3.51. The van der Waals surface area contributed by atoms with Crippen molar-refractivity contribution < 1.29 is 22.3 Å². The van der Waals surface area contributed by atoms with Crippen LogP contribution < -0.4 is 4.74 Å². The molecule has 0 atom stereocenters. The number of aryl methyl sites for hydroxylation is 1. The number of aromatic nitrogens is 3. The first-order valence-corrected chi connectivity index (χ1v) is 5.82. The molecule has 0 saturated carbocycles. The number of hydrogen-bond donors (Lipinski definition) is 0. The third-order valence-corrected chi connectivity index (χ3v) is 3.07. The molecule has 0 aliphatic heterocycles. The van der Waals surface area contributed by atoms with Crippen molar-refractivity contribution in [1.82, 2.24) is 15.0 Å². The third-order valence-electron chi connectivity index (χ3n) is 2.12. The molecule has 0 radical (unpaired) electrons. The number of ether oxygens (including phenoxy) is 1. The van der Waals surface area contributed by atoms with Crippen molar-refractivity contribution in [3.63, 3.8) is 0 Å². The van der Waals surface area contributed by atoms with Crippen LogP contribution in [0.4, 0.5) is 17.6 Å². The Hall–Kier alpha value is -1.77. The fraction of sp³-hybridized carbons (Fsp3) is 0.300. The molecule has 19 heavy (non-hydrogen) atoms. The van der Waals surface area contributed by atoms with Crippen LogP contribution in [0, 0.1) is 12.9 Å². The first-order chi connectivity index (χ1) is 8.82. The van der Waals surface area contributed by atoms with E-state index in [-0.39, 0.29) is 10.8 Å². The van der Waals surface area contributed by atoms with Gasteiger partial charge in [0.25, 0.3) is 0 Å². The summed E-state index contributed by atoms with van der Waals surface area (Å²) < 4.78 is 55.9. The van der Waals surface area contributed by atoms with E-state index in [2.05, 4.69) is 19.7 Å². The number of nitrogens with zero attached hydrogens (tertiary/aromatic N) is 3. The fourth-order valence-electron chi connectivity index (χ4n) is 1.35. The second kappa shape index (κ2) is 4.72. The van der Waals surface area contributed by atoms with Crippen LogP contribution in [0.15, 0.2) is 5.38 Å². The Morgan fingerprint density at radius 3 is 2.37 bits per heavy atom. The maximum absolute atomic E-state index is 13.5. The van der Waals surface area contributed by atoms with Gasteiger partial charge in [0.15, 0.2) is 16.4 Å². The molecule has 2 aromatic heterocycles. The molecule has 0 aliphatic carbocycles. The van der Waals surface area contributed by atoms with Gasteiger partial charge in [0.1, 0.15) is 0 Å². The summed E-state index contributed by atoms with van der Waals surface area (Å²) in [6.07, 6.45) is -4.92. The van der Waals surface area contributed by atoms with E-state index >= 15 is 0 Å². The molecule has 0 saturated heterocycles. The molecular weight excluding hydrogens is 286 g/mol. The van der Waals surface area contributed by atoms with E-state index in [4.69, 9.17) is 0 Å². The van der Waals surface area contributed by atoms with Crippen molar-refractivity contribution in [1.29, 1.82) is 0 Å². The Balaban J connectivity index is 2.60. The summed E-state index contributed by atoms with van der Waals surface area (Å²) in [6.45, 7) is 1.69. The number of thiazole rings is 1. The van der Waals surface area contributed by atoms with Crippen LogP contribution in [0.2, 0.25) is 0 Å². The van der Waals surface area contributed by atoms with Crippen LogP contribution in [-0.4, -0.2) is 22.1 Å². The number of alkyl halides is 3. The highest BCUT2D eigenvalue weighted by atomic mass is 32.1. The van der Waals surface area contributed by atoms with Gasteiger partial charge in [0.2, 0.25) is 11.8 Å². The topological polar surface area (TPSA) is 47.9 Å². The smallest absolute Gasteiger partial charge is 0.426 e. The average Bonchev–Trinajstić information content (AvgIpc) is 2.73. The van der Waals surface area contributed by atoms with Gasteiger partial charge in [-0.05, 0) is 6.92 Å². The average molecular weight is 293 g/mol. The van der Waals surface area contributed by atoms with Crippen LogP contribution in [0.5, 0.6) is 5.88 Å². The quantitative estimate of drug-likeness (QED) is 0.630. The summed E-state index contributed by atoms with van der Waals surface area (Å²) in [6, 6.07) is 0. The molecule has 0 unspecified atom stereocenters. The van der Waals surface area contributed by atoms with E-state index in [1.165, 1.54) is 0 Å². The Morgan fingerprint density at radius 1 is 1.21 bits per heavy atom. The molecule has 2 heterocycles. The van der Waals surface area contributed by atoms with Gasteiger partial charge in [-0.2, -0.15) is 27.5 Å². The molecule has 0 aliphatic rings. The Kier molecular flexibility index (Phi) is 3.40. The Bertz CT molecular complexity index is 611. The van der Waals surface area contributed by atoms with E-state index in [1.54, 1.807) is 12.3 Å². The summed E-state index contributed by atoms with van der Waals surface area (Å²) in [4.78, 5) is 10.7. The highest BCUT2D eigenvalue weighted by Gasteiger charge is 2.40. The van der Waals surface area contributed by atoms with Gasteiger partial charge < -0.3 is 4.74 Å². The molecule has 0 aromatic carbocycles. The summed E-state index contributed by atoms with van der Waals surface area (Å²) >= 11 is 1.10. The summed E-state index contributed by atoms with van der Waals surface area (Å²) in [5.41, 5.74) is -0.977. The van der Waals surface area contributed by atoms with E-state index in [9.17, 15) is 17.6 Å². The van der Waals surface area contributed by atoms with Crippen LogP contribution >= 0.6 is 11.3 Å². The monoisotopic (exact) mass is 293 g/mol. The predicted octanol–water partition coefficient (Wildman–Crippen LogP) is 3.08. The molecular formula is C10H7F4N3OS. The van der Waals surface area contributed by atoms with Crippen molar-refractivity contribution in [2.45, 2.75) is 13.1 Å². The number of rotatable bonds is 2. The van der Waals surface area contributed by atoms with E-state index < -0.39 is 23.6 Å². The van der Waals surface area contributed by atoms with E-state index in [0.717, 1.165) is 18.4 Å². The third kappa shape index (κ3) is 2.65. The zero-order valence-electron chi connectivity index (χ0n) is 9.75. The fourth-order valence-corrected chi connectivity index (χ4v) is 2.08. The Labute approximate surface area is 109 Å². The minimum atomic E-state index is -4.92. The zero-order valence-corrected chi connectivity index (χ0v) is 10.6. The normalized spacial score (nSPS) is 11.7. The summed E-state index contributed by atoms with van der Waals surface area (Å²) in [5, 5.41) is 1.88. The summed E-state index contributed by atoms with van der Waals surface area (Å²) in [7, 11) is 0.980. The predicted molar refractivity (Wildman–Crippen MR) is 59.4 cm³/mol. The van der Waals surface area contributed by atoms with Gasteiger partial charge in [-0.15, -0.1) is 11.3 Å². The van der Waals surface area contributed by atoms with Crippen molar-refractivity contribution in [2.75, 3.05) is 7.11 Å². The summed E-state index contributed by atoms with van der Waals surface area (Å²) in [5.74, 6) is -2.77. The largest absolute Gasteiger partial charge is 0.480 e. The van der Waals surface area contributed by atoms with Crippen LogP contribution in [-0.2, 0) is 6.18 Å². The lowest BCUT2D eigenvalue weighted by atomic mass is 10.3. The van der Waals surface area contributed by atoms with Crippen LogP contribution in [0.25, 0.3) is 10.8 Å². The van der Waals surface area contributed by atoms with Crippen LogP contribution in [0.1, 0.15) is 11.3 Å². The van der Waals surface area contributed by atoms with E-state index in [1.807, 2.05) is 0 Å². The highest BCUT2D eigenvalue weighted by molar-refractivity contribution is 7.13. The van der Waals surface area contributed by atoms with Gasteiger partial charge >= 0.3 is 6.18 Å². The lowest BCUT2D eigenvalue weighted by Crippen LogP contribution is -2.14. The minimum Gasteiger partial charge on any atom is -0.480 e. The molecule has 2 rings (SSSR count). The van der Waals surface area contributed by atoms with Crippen molar-refractivity contribution in [3.05, 3.63) is 22.6 Å². The SMILES string of the molecule is COc1nc(-c2nc(C)cs2)nc(F)c1C(F)(F)F. The first kappa shape index (κ1) is 13.7. The van der Waals surface area contributed by atoms with Gasteiger partial charge in [0.05, 0.1) is 7.11 Å². The molecule has 102 valence electrons. The molecule has 0 N–H and O–H groups in total. The van der Waals surface area contributed by atoms with Crippen molar-refractivity contribution in [2.24, 2.45) is 0 Å². The lowest BCUT2D eigenvalue weighted by molar-refractivity contribution is -0.142. The maximum atomic E-state index is 13.5. The maximum Gasteiger partial charge on any atom is 0.426 e. The molecule has 2 aromatic rings. The molecule has 0 amide bonds. The number of methoxy groups -OCH3 is 1. The van der Waals surface area contributed by atoms with Gasteiger partial charge in [-0.25, -0.2) is 4.98 Å². The molecule has 0 spiro atoms. The standard InChI is InChI=1S/C10H7F4N3OS/c1-4-3-19-9(15-4)7-16-6(11)5(10(12,13)14)8(17-7)18-2/h3H,1-2H3. The van der Waals surface area contributed by atoms with Gasteiger partial charge in [0, 0.05) is 11.1 Å². The minimum absolute atomic E-state index is 0.225. The molecule has 4 nitrogen and oxygen atoms in total. The first-order valence-electron chi connectivity index (χ1n) is 4.94. The van der Waals surface area contributed by atoms with E-state index in [0.29, 0.717) is 5.69 Å². The number of halogens is 4. The molecule has 9 heteroatoms. The van der Waals surface area contributed by atoms with Crippen molar-refractivity contribution >= 4 is 11.3 Å². The second-order valence-corrected chi connectivity index (χ2v) is 4.37. The lowest BCUT2D eigenvalue weighted by Gasteiger charge is -2.11. The highest BCUT2D eigenvalue weighted by Crippen LogP contribution is 2.37.